The van der Waals surface area contributed by atoms with Gasteiger partial charge in [-0.1, -0.05) is 0 Å². The molecule has 0 spiro atoms. The van der Waals surface area contributed by atoms with Crippen LogP contribution in [0.15, 0.2) is 0 Å². The summed E-state index contributed by atoms with van der Waals surface area (Å²) in [5, 5.41) is 6.62. The fourth-order valence-electron chi connectivity index (χ4n) is 3.20. The number of morpholine rings is 1. The molecule has 2 aliphatic rings. The Kier molecular flexibility index (Phi) is 6.68. The number of carbonyl (C=O) groups is 1. The van der Waals surface area contributed by atoms with Crippen LogP contribution in [0.25, 0.3) is 0 Å². The molecule has 2 N–H and O–H groups in total. The standard InChI is InChI=1S/C17H33N3O3/c1-17(2,3)23-16(21)19-14-7-5-13(6-8-14)18-11-15-12-20(4)9-10-22-15/h13-15,18H,5-12H2,1-4H3,(H,19,21). The minimum atomic E-state index is -0.435. The Bertz CT molecular complexity index is 376. The molecule has 23 heavy (non-hydrogen) atoms. The molecular weight excluding hydrogens is 294 g/mol. The van der Waals surface area contributed by atoms with Crippen LogP contribution in [0.4, 0.5) is 4.79 Å². The van der Waals surface area contributed by atoms with Crippen molar-refractivity contribution < 1.29 is 14.3 Å². The summed E-state index contributed by atoms with van der Waals surface area (Å²) in [6.45, 7) is 9.43. The second-order valence-corrected chi connectivity index (χ2v) is 7.86. The number of likely N-dealkylation sites (N-methyl/N-ethyl adjacent to an activating group) is 1. The van der Waals surface area contributed by atoms with Crippen molar-refractivity contribution in [2.45, 2.75) is 70.2 Å². The summed E-state index contributed by atoms with van der Waals surface area (Å²) in [7, 11) is 2.14. The summed E-state index contributed by atoms with van der Waals surface area (Å²) in [6.07, 6.45) is 4.18. The normalized spacial score (nSPS) is 30.0. The van der Waals surface area contributed by atoms with Gasteiger partial charge in [0.05, 0.1) is 12.7 Å². The molecule has 134 valence electrons. The lowest BCUT2D eigenvalue weighted by Gasteiger charge is -2.34. The third-order valence-corrected chi connectivity index (χ3v) is 4.42. The zero-order chi connectivity index (χ0) is 16.9. The van der Waals surface area contributed by atoms with Crippen LogP contribution >= 0.6 is 0 Å². The summed E-state index contributed by atoms with van der Waals surface area (Å²) in [6, 6.07) is 0.766. The highest BCUT2D eigenvalue weighted by atomic mass is 16.6. The number of rotatable bonds is 4. The molecule has 6 nitrogen and oxygen atoms in total. The van der Waals surface area contributed by atoms with E-state index in [0.29, 0.717) is 12.1 Å². The van der Waals surface area contributed by atoms with Gasteiger partial charge in [0.15, 0.2) is 0 Å². The fraction of sp³-hybridized carbons (Fsp3) is 0.941. The van der Waals surface area contributed by atoms with Crippen molar-refractivity contribution >= 4 is 6.09 Å². The lowest BCUT2D eigenvalue weighted by Crippen LogP contribution is -2.48. The van der Waals surface area contributed by atoms with Gasteiger partial charge in [-0.2, -0.15) is 0 Å². The van der Waals surface area contributed by atoms with Gasteiger partial charge in [-0.25, -0.2) is 4.79 Å². The quantitative estimate of drug-likeness (QED) is 0.823. The first-order chi connectivity index (χ1) is 10.8. The second-order valence-electron chi connectivity index (χ2n) is 7.86. The van der Waals surface area contributed by atoms with Crippen LogP contribution in [0.2, 0.25) is 0 Å². The molecule has 1 saturated heterocycles. The highest BCUT2D eigenvalue weighted by molar-refractivity contribution is 5.68. The topological polar surface area (TPSA) is 62.8 Å². The molecule has 2 rings (SSSR count). The molecule has 0 radical (unpaired) electrons. The first-order valence-corrected chi connectivity index (χ1v) is 8.85. The van der Waals surface area contributed by atoms with E-state index in [0.717, 1.165) is 51.9 Å². The van der Waals surface area contributed by atoms with Gasteiger partial charge in [-0.3, -0.25) is 0 Å². The number of hydrogen-bond donors (Lipinski definition) is 2. The van der Waals surface area contributed by atoms with Crippen molar-refractivity contribution in [1.29, 1.82) is 0 Å². The van der Waals surface area contributed by atoms with Crippen molar-refractivity contribution in [3.8, 4) is 0 Å². The smallest absolute Gasteiger partial charge is 0.407 e. The van der Waals surface area contributed by atoms with Crippen molar-refractivity contribution in [1.82, 2.24) is 15.5 Å². The van der Waals surface area contributed by atoms with Gasteiger partial charge >= 0.3 is 6.09 Å². The van der Waals surface area contributed by atoms with E-state index in [2.05, 4.69) is 22.6 Å². The largest absolute Gasteiger partial charge is 0.444 e. The summed E-state index contributed by atoms with van der Waals surface area (Å²) in [5.74, 6) is 0. The number of hydrogen-bond acceptors (Lipinski definition) is 5. The maximum absolute atomic E-state index is 11.8. The first-order valence-electron chi connectivity index (χ1n) is 8.85. The van der Waals surface area contributed by atoms with Crippen LogP contribution < -0.4 is 10.6 Å². The van der Waals surface area contributed by atoms with Crippen LogP contribution in [-0.2, 0) is 9.47 Å². The molecule has 0 bridgehead atoms. The average molecular weight is 327 g/mol. The number of alkyl carbamates (subject to hydrolysis) is 1. The van der Waals surface area contributed by atoms with E-state index in [4.69, 9.17) is 9.47 Å². The monoisotopic (exact) mass is 327 g/mol. The number of nitrogens with zero attached hydrogens (tertiary/aromatic N) is 1. The molecule has 1 saturated carbocycles. The molecule has 1 atom stereocenters. The van der Waals surface area contributed by atoms with Gasteiger partial charge in [0.2, 0.25) is 0 Å². The highest BCUT2D eigenvalue weighted by Crippen LogP contribution is 2.19. The Hall–Kier alpha value is -0.850. The molecule has 0 aromatic rings. The van der Waals surface area contributed by atoms with E-state index in [1.54, 1.807) is 0 Å². The Balaban J connectivity index is 1.61. The van der Waals surface area contributed by atoms with Crippen molar-refractivity contribution in [3.63, 3.8) is 0 Å². The fourth-order valence-corrected chi connectivity index (χ4v) is 3.20. The Labute approximate surface area is 140 Å². The van der Waals surface area contributed by atoms with Gasteiger partial charge in [-0.15, -0.1) is 0 Å². The number of ether oxygens (including phenoxy) is 2. The molecule has 2 fully saturated rings. The predicted molar refractivity (Wildman–Crippen MR) is 90.7 cm³/mol. The van der Waals surface area contributed by atoms with Gasteiger partial charge in [0.25, 0.3) is 0 Å². The summed E-state index contributed by atoms with van der Waals surface area (Å²) in [4.78, 5) is 14.1. The molecule has 6 heteroatoms. The lowest BCUT2D eigenvalue weighted by atomic mass is 9.91. The Morgan fingerprint density at radius 1 is 1.22 bits per heavy atom. The first kappa shape index (κ1) is 18.5. The molecule has 0 aromatic carbocycles. The number of amides is 1. The maximum atomic E-state index is 11.8. The van der Waals surface area contributed by atoms with Gasteiger partial charge in [0, 0.05) is 31.7 Å². The molecule has 1 amide bonds. The molecule has 1 aliphatic carbocycles. The third-order valence-electron chi connectivity index (χ3n) is 4.42. The third kappa shape index (κ3) is 7.06. The Morgan fingerprint density at radius 3 is 2.48 bits per heavy atom. The van der Waals surface area contributed by atoms with E-state index < -0.39 is 5.60 Å². The van der Waals surface area contributed by atoms with E-state index >= 15 is 0 Å². The van der Waals surface area contributed by atoms with Gasteiger partial charge < -0.3 is 25.0 Å². The maximum Gasteiger partial charge on any atom is 0.407 e. The predicted octanol–water partition coefficient (Wildman–Crippen LogP) is 1.74. The van der Waals surface area contributed by atoms with Crippen LogP contribution in [0.3, 0.4) is 0 Å². The van der Waals surface area contributed by atoms with Crippen LogP contribution in [-0.4, -0.2) is 68.1 Å². The Morgan fingerprint density at radius 2 is 1.87 bits per heavy atom. The van der Waals surface area contributed by atoms with Crippen molar-refractivity contribution in [3.05, 3.63) is 0 Å². The zero-order valence-electron chi connectivity index (χ0n) is 15.1. The average Bonchev–Trinajstić information content (AvgIpc) is 2.44. The van der Waals surface area contributed by atoms with Gasteiger partial charge in [-0.05, 0) is 53.5 Å². The van der Waals surface area contributed by atoms with Crippen molar-refractivity contribution in [2.75, 3.05) is 33.3 Å². The van der Waals surface area contributed by atoms with E-state index in [1.807, 2.05) is 20.8 Å². The van der Waals surface area contributed by atoms with Crippen LogP contribution in [0, 0.1) is 0 Å². The molecule has 0 aromatic heterocycles. The minimum Gasteiger partial charge on any atom is -0.444 e. The van der Waals surface area contributed by atoms with Crippen LogP contribution in [0.1, 0.15) is 46.5 Å². The van der Waals surface area contributed by atoms with E-state index in [1.165, 1.54) is 0 Å². The number of carbonyl (C=O) groups excluding carboxylic acids is 1. The lowest BCUT2D eigenvalue weighted by molar-refractivity contribution is -0.0198. The minimum absolute atomic E-state index is 0.236. The van der Waals surface area contributed by atoms with E-state index in [9.17, 15) is 4.79 Å². The highest BCUT2D eigenvalue weighted by Gasteiger charge is 2.25. The summed E-state index contributed by atoms with van der Waals surface area (Å²) >= 11 is 0. The SMILES string of the molecule is CN1CCOC(CNC2CCC(NC(=O)OC(C)(C)C)CC2)C1. The molecule has 1 heterocycles. The summed E-state index contributed by atoms with van der Waals surface area (Å²) < 4.78 is 11.1. The molecule has 1 aliphatic heterocycles. The molecular formula is C17H33N3O3. The van der Waals surface area contributed by atoms with Crippen molar-refractivity contribution in [2.24, 2.45) is 0 Å². The van der Waals surface area contributed by atoms with Crippen LogP contribution in [0.5, 0.6) is 0 Å². The summed E-state index contributed by atoms with van der Waals surface area (Å²) in [5.41, 5.74) is -0.435. The molecule has 1 unspecified atom stereocenters. The number of nitrogens with one attached hydrogen (secondary N) is 2. The van der Waals surface area contributed by atoms with E-state index in [-0.39, 0.29) is 12.1 Å². The second kappa shape index (κ2) is 8.31. The van der Waals surface area contributed by atoms with Gasteiger partial charge in [0.1, 0.15) is 5.60 Å². The zero-order valence-corrected chi connectivity index (χ0v) is 15.1.